The summed E-state index contributed by atoms with van der Waals surface area (Å²) in [7, 11) is 1.66. The van der Waals surface area contributed by atoms with E-state index in [-0.39, 0.29) is 12.2 Å². The Kier molecular flexibility index (Phi) is 3.02. The highest BCUT2D eigenvalue weighted by Crippen LogP contribution is 2.27. The van der Waals surface area contributed by atoms with Gasteiger partial charge in [0.1, 0.15) is 0 Å². The van der Waals surface area contributed by atoms with Crippen LogP contribution in [0.25, 0.3) is 0 Å². The van der Waals surface area contributed by atoms with Crippen molar-refractivity contribution in [3.63, 3.8) is 0 Å². The quantitative estimate of drug-likeness (QED) is 0.784. The Morgan fingerprint density at radius 1 is 1.62 bits per heavy atom. The molecule has 84 valence electrons. The summed E-state index contributed by atoms with van der Waals surface area (Å²) in [5.41, 5.74) is 0.919. The molecule has 0 radical (unpaired) electrons. The van der Waals surface area contributed by atoms with E-state index < -0.39 is 0 Å². The molecule has 0 bridgehead atoms. The lowest BCUT2D eigenvalue weighted by Crippen LogP contribution is -2.04. The van der Waals surface area contributed by atoms with Crippen molar-refractivity contribution in [3.8, 4) is 0 Å². The molecule has 0 aliphatic rings. The number of hydrogen-bond acceptors (Lipinski definition) is 5. The molecule has 0 saturated carbocycles. The number of nitrogens with zero attached hydrogens (tertiary/aromatic N) is 4. The van der Waals surface area contributed by atoms with Gasteiger partial charge < -0.3 is 0 Å². The molecule has 0 aliphatic carbocycles. The van der Waals surface area contributed by atoms with Crippen molar-refractivity contribution in [3.05, 3.63) is 26.7 Å². The number of carbonyl (C=O) groups is 1. The number of aryl methyl sites for hydroxylation is 2. The Bertz CT molecular complexity index is 533. The fourth-order valence-electron chi connectivity index (χ4n) is 1.24. The fraction of sp³-hybridized carbons (Fsp3) is 0.333. The molecule has 0 spiro atoms. The molecule has 7 heteroatoms. The summed E-state index contributed by atoms with van der Waals surface area (Å²) in [6.07, 6.45) is 0.132. The van der Waals surface area contributed by atoms with Crippen molar-refractivity contribution >= 4 is 28.7 Å². The first-order chi connectivity index (χ1) is 7.58. The summed E-state index contributed by atoms with van der Waals surface area (Å²) in [6, 6.07) is 0. The second-order valence-electron chi connectivity index (χ2n) is 3.36. The van der Waals surface area contributed by atoms with Crippen LogP contribution in [0.4, 0.5) is 0 Å². The molecule has 0 fully saturated rings. The van der Waals surface area contributed by atoms with Gasteiger partial charge in [0.15, 0.2) is 11.6 Å². The Labute approximate surface area is 101 Å². The van der Waals surface area contributed by atoms with Gasteiger partial charge in [-0.25, -0.2) is 0 Å². The minimum Gasteiger partial charge on any atom is -0.293 e. The highest BCUT2D eigenvalue weighted by atomic mass is 35.5. The van der Waals surface area contributed by atoms with Crippen molar-refractivity contribution in [2.45, 2.75) is 13.3 Å². The Morgan fingerprint density at radius 2 is 2.38 bits per heavy atom. The van der Waals surface area contributed by atoms with E-state index in [2.05, 4.69) is 15.4 Å². The van der Waals surface area contributed by atoms with Crippen LogP contribution >= 0.6 is 22.9 Å². The van der Waals surface area contributed by atoms with Crippen LogP contribution in [0.5, 0.6) is 0 Å². The molecular formula is C9H9ClN4OS. The number of tetrazole rings is 1. The molecule has 2 aromatic rings. The standard InChI is InChI=1S/C9H9ClN4OS/c1-5-4-16-9(8(5)10)6(15)3-7-11-13-14(2)12-7/h4H,3H2,1-2H3. The van der Waals surface area contributed by atoms with E-state index in [1.54, 1.807) is 7.05 Å². The minimum atomic E-state index is -0.0731. The van der Waals surface area contributed by atoms with Crippen LogP contribution in [-0.4, -0.2) is 26.0 Å². The van der Waals surface area contributed by atoms with Gasteiger partial charge in [-0.15, -0.1) is 21.5 Å². The lowest BCUT2D eigenvalue weighted by Gasteiger charge is -1.94. The van der Waals surface area contributed by atoms with Gasteiger partial charge in [-0.2, -0.15) is 4.80 Å². The van der Waals surface area contributed by atoms with Gasteiger partial charge in [-0.05, 0) is 23.1 Å². The van der Waals surface area contributed by atoms with Gasteiger partial charge in [-0.1, -0.05) is 11.6 Å². The first-order valence-electron chi connectivity index (χ1n) is 4.57. The third-order valence-corrected chi connectivity index (χ3v) is 3.76. The summed E-state index contributed by atoms with van der Waals surface area (Å²) in [5.74, 6) is 0.339. The number of Topliss-reactive ketones (excluding diaryl/α,β-unsaturated/α-hetero) is 1. The summed E-state index contributed by atoms with van der Waals surface area (Å²) >= 11 is 7.35. The highest BCUT2D eigenvalue weighted by Gasteiger charge is 2.17. The van der Waals surface area contributed by atoms with E-state index >= 15 is 0 Å². The molecule has 0 unspecified atom stereocenters. The molecule has 0 amide bonds. The van der Waals surface area contributed by atoms with E-state index in [0.717, 1.165) is 5.56 Å². The van der Waals surface area contributed by atoms with E-state index in [1.165, 1.54) is 16.1 Å². The lowest BCUT2D eigenvalue weighted by molar-refractivity contribution is 0.0994. The molecule has 0 aliphatic heterocycles. The normalized spacial score (nSPS) is 10.7. The van der Waals surface area contributed by atoms with Crippen molar-refractivity contribution in [2.24, 2.45) is 7.05 Å². The minimum absolute atomic E-state index is 0.0731. The summed E-state index contributed by atoms with van der Waals surface area (Å²) in [4.78, 5) is 13.8. The highest BCUT2D eigenvalue weighted by molar-refractivity contribution is 7.13. The van der Waals surface area contributed by atoms with Crippen LogP contribution in [0.2, 0.25) is 5.02 Å². The molecule has 16 heavy (non-hydrogen) atoms. The van der Waals surface area contributed by atoms with Crippen molar-refractivity contribution in [2.75, 3.05) is 0 Å². The van der Waals surface area contributed by atoms with Crippen molar-refractivity contribution in [1.29, 1.82) is 0 Å². The third kappa shape index (κ3) is 2.12. The Balaban J connectivity index is 2.18. The van der Waals surface area contributed by atoms with Crippen LogP contribution in [0.15, 0.2) is 5.38 Å². The predicted octanol–water partition coefficient (Wildman–Crippen LogP) is 1.66. The number of hydrogen-bond donors (Lipinski definition) is 0. The predicted molar refractivity (Wildman–Crippen MR) is 60.9 cm³/mol. The maximum Gasteiger partial charge on any atom is 0.182 e. The van der Waals surface area contributed by atoms with E-state index in [0.29, 0.717) is 15.7 Å². The average Bonchev–Trinajstić information content (AvgIpc) is 2.76. The zero-order valence-electron chi connectivity index (χ0n) is 8.77. The number of aromatic nitrogens is 4. The second-order valence-corrected chi connectivity index (χ2v) is 4.61. The second kappa shape index (κ2) is 4.31. The molecule has 2 rings (SSSR count). The maximum atomic E-state index is 11.9. The topological polar surface area (TPSA) is 60.7 Å². The van der Waals surface area contributed by atoms with Crippen LogP contribution in [0.3, 0.4) is 0 Å². The number of thiophene rings is 1. The van der Waals surface area contributed by atoms with Gasteiger partial charge in [0.05, 0.1) is 23.4 Å². The van der Waals surface area contributed by atoms with E-state index in [4.69, 9.17) is 11.6 Å². The number of ketones is 1. The van der Waals surface area contributed by atoms with Crippen LogP contribution in [0.1, 0.15) is 21.1 Å². The number of halogens is 1. The smallest absolute Gasteiger partial charge is 0.182 e. The maximum absolute atomic E-state index is 11.9. The molecule has 5 nitrogen and oxygen atoms in total. The van der Waals surface area contributed by atoms with Crippen LogP contribution in [-0.2, 0) is 13.5 Å². The third-order valence-electron chi connectivity index (χ3n) is 2.02. The van der Waals surface area contributed by atoms with E-state index in [9.17, 15) is 4.79 Å². The summed E-state index contributed by atoms with van der Waals surface area (Å²) in [5, 5.41) is 13.8. The van der Waals surface area contributed by atoms with Gasteiger partial charge in [0.25, 0.3) is 0 Å². The fourth-order valence-corrected chi connectivity index (χ4v) is 2.47. The number of carbonyl (C=O) groups excluding carboxylic acids is 1. The monoisotopic (exact) mass is 256 g/mol. The molecule has 2 aromatic heterocycles. The molecule has 2 heterocycles. The Morgan fingerprint density at radius 3 is 2.88 bits per heavy atom. The molecule has 0 atom stereocenters. The van der Waals surface area contributed by atoms with Gasteiger partial charge in [-0.3, -0.25) is 4.79 Å². The van der Waals surface area contributed by atoms with Crippen LogP contribution < -0.4 is 0 Å². The van der Waals surface area contributed by atoms with Gasteiger partial charge in [0, 0.05) is 0 Å². The molecule has 0 aromatic carbocycles. The first kappa shape index (κ1) is 11.2. The summed E-state index contributed by atoms with van der Waals surface area (Å²) < 4.78 is 0. The SMILES string of the molecule is Cc1csc(C(=O)Cc2nnn(C)n2)c1Cl. The lowest BCUT2D eigenvalue weighted by atomic mass is 10.2. The number of rotatable bonds is 3. The van der Waals surface area contributed by atoms with Crippen molar-refractivity contribution < 1.29 is 4.79 Å². The van der Waals surface area contributed by atoms with Gasteiger partial charge in [0.2, 0.25) is 0 Å². The zero-order chi connectivity index (χ0) is 11.7. The summed E-state index contributed by atoms with van der Waals surface area (Å²) in [6.45, 7) is 1.87. The largest absolute Gasteiger partial charge is 0.293 e. The first-order valence-corrected chi connectivity index (χ1v) is 5.83. The molecule has 0 N–H and O–H groups in total. The average molecular weight is 257 g/mol. The van der Waals surface area contributed by atoms with E-state index in [1.807, 2.05) is 12.3 Å². The Hall–Kier alpha value is -1.27. The molecular weight excluding hydrogens is 248 g/mol. The molecule has 0 saturated heterocycles. The van der Waals surface area contributed by atoms with Crippen molar-refractivity contribution in [1.82, 2.24) is 20.2 Å². The van der Waals surface area contributed by atoms with Crippen LogP contribution in [0, 0.1) is 6.92 Å². The van der Waals surface area contributed by atoms with Gasteiger partial charge >= 0.3 is 0 Å². The zero-order valence-corrected chi connectivity index (χ0v) is 10.3.